The first-order valence-corrected chi connectivity index (χ1v) is 12.2. The van der Waals surface area contributed by atoms with Crippen LogP contribution in [0.15, 0.2) is 52.4 Å². The van der Waals surface area contributed by atoms with Crippen LogP contribution in [0.3, 0.4) is 0 Å². The molecule has 32 heavy (non-hydrogen) atoms. The highest BCUT2D eigenvalue weighted by molar-refractivity contribution is 7.99. The number of hydrogen-bond donors (Lipinski definition) is 1. The largest absolute Gasteiger partial charge is 0.353 e. The number of hydrogen-bond acceptors (Lipinski definition) is 5. The van der Waals surface area contributed by atoms with Gasteiger partial charge in [0.1, 0.15) is 0 Å². The van der Waals surface area contributed by atoms with E-state index in [0.717, 1.165) is 49.3 Å². The summed E-state index contributed by atoms with van der Waals surface area (Å²) in [6.07, 6.45) is 1.96. The number of nitrogens with zero attached hydrogens (tertiary/aromatic N) is 3. The van der Waals surface area contributed by atoms with Crippen molar-refractivity contribution in [3.05, 3.63) is 63.9 Å². The van der Waals surface area contributed by atoms with Gasteiger partial charge in [0.05, 0.1) is 22.3 Å². The minimum atomic E-state index is -0.115. The van der Waals surface area contributed by atoms with E-state index in [0.29, 0.717) is 16.1 Å². The highest BCUT2D eigenvalue weighted by Gasteiger charge is 2.20. The summed E-state index contributed by atoms with van der Waals surface area (Å²) < 4.78 is 1.64. The van der Waals surface area contributed by atoms with Gasteiger partial charge in [0.25, 0.3) is 5.56 Å². The Morgan fingerprint density at radius 2 is 1.81 bits per heavy atom. The number of fused-ring (bicyclic) bond motifs is 1. The molecular weight excluding hydrogens is 420 g/mol. The summed E-state index contributed by atoms with van der Waals surface area (Å²) in [5.74, 6) is 0.211. The number of carbonyl (C=O) groups excluding carboxylic acids is 1. The van der Waals surface area contributed by atoms with Gasteiger partial charge in [-0.1, -0.05) is 36.9 Å². The summed E-state index contributed by atoms with van der Waals surface area (Å²) in [7, 11) is 0. The van der Waals surface area contributed by atoms with Crippen molar-refractivity contribution in [3.8, 4) is 5.69 Å². The van der Waals surface area contributed by atoms with Gasteiger partial charge < -0.3 is 10.2 Å². The summed E-state index contributed by atoms with van der Waals surface area (Å²) in [6.45, 7) is 9.29. The SMILES string of the molecule is CCN1CCC(NC(=O)CSc2nc3ccccc3c(=O)n2-c2cc(C)cc(C)c2)CC1. The van der Waals surface area contributed by atoms with E-state index in [-0.39, 0.29) is 23.3 Å². The molecule has 3 aromatic rings. The van der Waals surface area contributed by atoms with Crippen LogP contribution in [0.1, 0.15) is 30.9 Å². The third kappa shape index (κ3) is 5.05. The molecule has 2 heterocycles. The van der Waals surface area contributed by atoms with Crippen LogP contribution in [-0.2, 0) is 4.79 Å². The minimum absolute atomic E-state index is 0.0145. The van der Waals surface area contributed by atoms with Crippen molar-refractivity contribution >= 4 is 28.6 Å². The van der Waals surface area contributed by atoms with Gasteiger partial charge in [-0.2, -0.15) is 0 Å². The number of thioether (sulfide) groups is 1. The second-order valence-electron chi connectivity index (χ2n) is 8.46. The molecule has 7 heteroatoms. The fourth-order valence-corrected chi connectivity index (χ4v) is 5.13. The predicted molar refractivity (Wildman–Crippen MR) is 131 cm³/mol. The van der Waals surface area contributed by atoms with Crippen molar-refractivity contribution in [3.63, 3.8) is 0 Å². The Labute approximate surface area is 193 Å². The molecule has 0 bridgehead atoms. The monoisotopic (exact) mass is 450 g/mol. The number of para-hydroxylation sites is 1. The lowest BCUT2D eigenvalue weighted by Crippen LogP contribution is -2.45. The molecule has 1 aliphatic heterocycles. The number of piperidine rings is 1. The molecule has 1 amide bonds. The van der Waals surface area contributed by atoms with E-state index < -0.39 is 0 Å². The molecule has 168 valence electrons. The Balaban J connectivity index is 1.59. The molecular formula is C25H30N4O2S. The Morgan fingerprint density at radius 1 is 1.12 bits per heavy atom. The molecule has 0 unspecified atom stereocenters. The third-order valence-electron chi connectivity index (χ3n) is 5.94. The lowest BCUT2D eigenvalue weighted by Gasteiger charge is -2.31. The smallest absolute Gasteiger partial charge is 0.266 e. The molecule has 0 aliphatic carbocycles. The van der Waals surface area contributed by atoms with Gasteiger partial charge in [0.2, 0.25) is 5.91 Å². The van der Waals surface area contributed by atoms with Gasteiger partial charge >= 0.3 is 0 Å². The summed E-state index contributed by atoms with van der Waals surface area (Å²) in [5.41, 5.74) is 3.46. The van der Waals surface area contributed by atoms with Crippen molar-refractivity contribution < 1.29 is 4.79 Å². The fraction of sp³-hybridized carbons (Fsp3) is 0.400. The Kier molecular flexibility index (Phi) is 6.96. The maximum absolute atomic E-state index is 13.4. The average molecular weight is 451 g/mol. The zero-order valence-electron chi connectivity index (χ0n) is 18.9. The molecule has 6 nitrogen and oxygen atoms in total. The third-order valence-corrected chi connectivity index (χ3v) is 6.88. The quantitative estimate of drug-likeness (QED) is 0.458. The maximum atomic E-state index is 13.4. The number of carbonyl (C=O) groups is 1. The first-order chi connectivity index (χ1) is 15.4. The van der Waals surface area contributed by atoms with Crippen LogP contribution in [-0.4, -0.2) is 51.8 Å². The number of aromatic nitrogens is 2. The lowest BCUT2D eigenvalue weighted by molar-refractivity contribution is -0.119. The van der Waals surface area contributed by atoms with Gasteiger partial charge in [-0.3, -0.25) is 14.2 Å². The summed E-state index contributed by atoms with van der Waals surface area (Å²) >= 11 is 1.31. The van der Waals surface area contributed by atoms with E-state index >= 15 is 0 Å². The number of benzene rings is 2. The van der Waals surface area contributed by atoms with Crippen LogP contribution in [0.2, 0.25) is 0 Å². The molecule has 1 aromatic heterocycles. The van der Waals surface area contributed by atoms with Crippen LogP contribution in [0, 0.1) is 13.8 Å². The number of nitrogens with one attached hydrogen (secondary N) is 1. The Bertz CT molecular complexity index is 1160. The maximum Gasteiger partial charge on any atom is 0.266 e. The highest BCUT2D eigenvalue weighted by Crippen LogP contribution is 2.23. The summed E-state index contributed by atoms with van der Waals surface area (Å²) in [5, 5.41) is 4.27. The Hall–Kier alpha value is -2.64. The number of aryl methyl sites for hydroxylation is 2. The average Bonchev–Trinajstić information content (AvgIpc) is 2.77. The second-order valence-corrected chi connectivity index (χ2v) is 9.41. The number of likely N-dealkylation sites (tertiary alicyclic amines) is 1. The number of rotatable bonds is 6. The normalized spacial score (nSPS) is 15.2. The zero-order valence-corrected chi connectivity index (χ0v) is 19.7. The molecule has 1 N–H and O–H groups in total. The highest BCUT2D eigenvalue weighted by atomic mass is 32.2. The molecule has 0 radical (unpaired) electrons. The van der Waals surface area contributed by atoms with Crippen LogP contribution in [0.25, 0.3) is 16.6 Å². The molecule has 1 aliphatic rings. The van der Waals surface area contributed by atoms with Gasteiger partial charge in [-0.25, -0.2) is 4.98 Å². The molecule has 4 rings (SSSR count). The van der Waals surface area contributed by atoms with Crippen molar-refractivity contribution in [2.24, 2.45) is 0 Å². The van der Waals surface area contributed by atoms with Crippen molar-refractivity contribution in [2.45, 2.75) is 44.8 Å². The van der Waals surface area contributed by atoms with Crippen LogP contribution in [0.4, 0.5) is 0 Å². The lowest BCUT2D eigenvalue weighted by atomic mass is 10.1. The first-order valence-electron chi connectivity index (χ1n) is 11.2. The molecule has 1 saturated heterocycles. The van der Waals surface area contributed by atoms with Gasteiger partial charge in [0.15, 0.2) is 5.16 Å². The molecule has 0 spiro atoms. The van der Waals surface area contributed by atoms with E-state index in [1.807, 2.05) is 44.2 Å². The van der Waals surface area contributed by atoms with E-state index in [4.69, 9.17) is 4.98 Å². The first kappa shape index (κ1) is 22.6. The minimum Gasteiger partial charge on any atom is -0.353 e. The number of amides is 1. The summed E-state index contributed by atoms with van der Waals surface area (Å²) in [4.78, 5) is 33.2. The second kappa shape index (κ2) is 9.88. The van der Waals surface area contributed by atoms with E-state index in [2.05, 4.69) is 23.2 Å². The zero-order chi connectivity index (χ0) is 22.7. The fourth-order valence-electron chi connectivity index (χ4n) is 4.31. The van der Waals surface area contributed by atoms with Crippen molar-refractivity contribution in [1.29, 1.82) is 0 Å². The van der Waals surface area contributed by atoms with Crippen LogP contribution < -0.4 is 10.9 Å². The molecule has 0 saturated carbocycles. The van der Waals surface area contributed by atoms with E-state index in [1.54, 1.807) is 10.6 Å². The molecule has 1 fully saturated rings. The van der Waals surface area contributed by atoms with E-state index in [9.17, 15) is 9.59 Å². The molecule has 2 aromatic carbocycles. The van der Waals surface area contributed by atoms with Crippen molar-refractivity contribution in [1.82, 2.24) is 19.8 Å². The Morgan fingerprint density at radius 3 is 2.50 bits per heavy atom. The topological polar surface area (TPSA) is 67.2 Å². The van der Waals surface area contributed by atoms with E-state index in [1.165, 1.54) is 11.8 Å². The summed E-state index contributed by atoms with van der Waals surface area (Å²) in [6, 6.07) is 13.6. The van der Waals surface area contributed by atoms with Gasteiger partial charge in [0, 0.05) is 19.1 Å². The molecule has 0 atom stereocenters. The van der Waals surface area contributed by atoms with Gasteiger partial charge in [-0.05, 0) is 68.6 Å². The van der Waals surface area contributed by atoms with Gasteiger partial charge in [-0.15, -0.1) is 0 Å². The predicted octanol–water partition coefficient (Wildman–Crippen LogP) is 3.70. The van der Waals surface area contributed by atoms with Crippen LogP contribution in [0.5, 0.6) is 0 Å². The standard InChI is InChI=1S/C25H30N4O2S/c1-4-28-11-9-19(10-12-28)26-23(30)16-32-25-27-22-8-6-5-7-21(22)24(31)29(25)20-14-17(2)13-18(3)15-20/h5-8,13-15,19H,4,9-12,16H2,1-3H3,(H,26,30). The van der Waals surface area contributed by atoms with Crippen molar-refractivity contribution in [2.75, 3.05) is 25.4 Å². The van der Waals surface area contributed by atoms with Crippen LogP contribution >= 0.6 is 11.8 Å².